The first-order chi connectivity index (χ1) is 12.1. The highest BCUT2D eigenvalue weighted by Crippen LogP contribution is 2.49. The molecule has 138 valence electrons. The molecule has 6 heteroatoms. The molecule has 3 atom stereocenters. The largest absolute Gasteiger partial charge is 0.459 e. The van der Waals surface area contributed by atoms with E-state index in [1.807, 2.05) is 30.3 Å². The molecule has 1 saturated carbocycles. The number of hydrogen-bond donors (Lipinski definition) is 1. The van der Waals surface area contributed by atoms with E-state index in [2.05, 4.69) is 11.4 Å². The number of nitrogens with one attached hydrogen (secondary N) is 1. The maximum atomic E-state index is 12.4. The van der Waals surface area contributed by atoms with Crippen LogP contribution in [-0.2, 0) is 10.2 Å². The quantitative estimate of drug-likeness (QED) is 0.729. The fourth-order valence-corrected chi connectivity index (χ4v) is 4.61. The van der Waals surface area contributed by atoms with Gasteiger partial charge in [-0.05, 0) is 55.1 Å². The Balaban J connectivity index is 0.00000196. The number of carbonyl (C=O) groups excluding carboxylic acids is 1. The summed E-state index contributed by atoms with van der Waals surface area (Å²) in [6.45, 7) is 1.80. The van der Waals surface area contributed by atoms with E-state index in [0.29, 0.717) is 21.5 Å². The van der Waals surface area contributed by atoms with Gasteiger partial charge in [0.1, 0.15) is 6.10 Å². The van der Waals surface area contributed by atoms with Crippen LogP contribution in [0.5, 0.6) is 0 Å². The first-order valence-corrected chi connectivity index (χ1v) is 9.26. The Labute approximate surface area is 169 Å². The van der Waals surface area contributed by atoms with E-state index in [1.54, 1.807) is 12.1 Å². The molecular formula is C20H20Cl3NO2. The van der Waals surface area contributed by atoms with Crippen molar-refractivity contribution >= 4 is 41.6 Å². The van der Waals surface area contributed by atoms with Crippen LogP contribution in [0.25, 0.3) is 0 Å². The SMILES string of the molecule is Cl.O=C(O[C@@H]1C[C@@H]2CNC[C@]2(c2ccc(Cl)c(Cl)c2)C1)c1ccccc1. The Kier molecular flexibility index (Phi) is 5.83. The fraction of sp³-hybridized carbons (Fsp3) is 0.350. The van der Waals surface area contributed by atoms with Crippen LogP contribution in [-0.4, -0.2) is 25.2 Å². The molecule has 2 aliphatic rings. The summed E-state index contributed by atoms with van der Waals surface area (Å²) in [5.74, 6) is 0.182. The minimum Gasteiger partial charge on any atom is -0.459 e. The van der Waals surface area contributed by atoms with E-state index in [9.17, 15) is 4.79 Å². The van der Waals surface area contributed by atoms with Crippen molar-refractivity contribution in [2.45, 2.75) is 24.4 Å². The van der Waals surface area contributed by atoms with Gasteiger partial charge in [0.25, 0.3) is 0 Å². The molecule has 0 amide bonds. The summed E-state index contributed by atoms with van der Waals surface area (Å²) in [4.78, 5) is 12.4. The lowest BCUT2D eigenvalue weighted by molar-refractivity contribution is 0.0297. The minimum atomic E-state index is -0.247. The van der Waals surface area contributed by atoms with Crippen LogP contribution in [0.3, 0.4) is 0 Å². The molecule has 0 aromatic heterocycles. The number of esters is 1. The van der Waals surface area contributed by atoms with Gasteiger partial charge in [-0.2, -0.15) is 0 Å². The number of rotatable bonds is 3. The van der Waals surface area contributed by atoms with Gasteiger partial charge in [-0.25, -0.2) is 4.79 Å². The molecule has 26 heavy (non-hydrogen) atoms. The summed E-state index contributed by atoms with van der Waals surface area (Å²) in [6, 6.07) is 15.0. The molecule has 0 spiro atoms. The summed E-state index contributed by atoms with van der Waals surface area (Å²) in [5, 5.41) is 4.62. The molecule has 3 nitrogen and oxygen atoms in total. The van der Waals surface area contributed by atoms with Crippen LogP contribution in [0.2, 0.25) is 10.0 Å². The highest BCUT2D eigenvalue weighted by atomic mass is 35.5. The van der Waals surface area contributed by atoms with Crippen LogP contribution in [0.1, 0.15) is 28.8 Å². The van der Waals surface area contributed by atoms with Gasteiger partial charge in [0.2, 0.25) is 0 Å². The summed E-state index contributed by atoms with van der Waals surface area (Å²) < 4.78 is 5.81. The second kappa shape index (κ2) is 7.77. The lowest BCUT2D eigenvalue weighted by Gasteiger charge is -2.29. The Bertz CT molecular complexity index is 799. The van der Waals surface area contributed by atoms with Gasteiger partial charge < -0.3 is 10.1 Å². The molecule has 1 saturated heterocycles. The molecule has 0 unspecified atom stereocenters. The summed E-state index contributed by atoms with van der Waals surface area (Å²) in [5.41, 5.74) is 1.73. The first kappa shape index (κ1) is 19.5. The average Bonchev–Trinajstić information content (AvgIpc) is 3.16. The van der Waals surface area contributed by atoms with Crippen LogP contribution in [0, 0.1) is 5.92 Å². The lowest BCUT2D eigenvalue weighted by atomic mass is 9.74. The Morgan fingerprint density at radius 2 is 1.88 bits per heavy atom. The molecule has 2 aromatic carbocycles. The smallest absolute Gasteiger partial charge is 0.338 e. The molecule has 4 rings (SSSR count). The van der Waals surface area contributed by atoms with Crippen molar-refractivity contribution in [2.75, 3.05) is 13.1 Å². The molecular weight excluding hydrogens is 393 g/mol. The second-order valence-electron chi connectivity index (χ2n) is 6.95. The first-order valence-electron chi connectivity index (χ1n) is 8.51. The molecule has 1 aliphatic carbocycles. The van der Waals surface area contributed by atoms with E-state index in [-0.39, 0.29) is 29.9 Å². The second-order valence-corrected chi connectivity index (χ2v) is 7.76. The zero-order valence-electron chi connectivity index (χ0n) is 14.1. The Morgan fingerprint density at radius 3 is 2.62 bits per heavy atom. The molecule has 1 N–H and O–H groups in total. The van der Waals surface area contributed by atoms with Gasteiger partial charge in [-0.1, -0.05) is 47.5 Å². The van der Waals surface area contributed by atoms with E-state index in [4.69, 9.17) is 27.9 Å². The van der Waals surface area contributed by atoms with Crippen molar-refractivity contribution in [1.29, 1.82) is 0 Å². The third-order valence-electron chi connectivity index (χ3n) is 5.53. The van der Waals surface area contributed by atoms with E-state index in [0.717, 1.165) is 25.9 Å². The lowest BCUT2D eigenvalue weighted by Crippen LogP contribution is -2.32. The standard InChI is InChI=1S/C20H19Cl2NO2.ClH/c21-17-7-6-14(9-18(17)22)20-10-16(8-15(20)11-23-12-20)25-19(24)13-4-2-1-3-5-13;/h1-7,9,15-16,23H,8,10-12H2;1H/t15-,16-,20+;/m1./s1. The van der Waals surface area contributed by atoms with Crippen LogP contribution >= 0.6 is 35.6 Å². The topological polar surface area (TPSA) is 38.3 Å². The zero-order valence-corrected chi connectivity index (χ0v) is 16.4. The van der Waals surface area contributed by atoms with E-state index in [1.165, 1.54) is 5.56 Å². The highest BCUT2D eigenvalue weighted by molar-refractivity contribution is 6.42. The predicted molar refractivity (Wildman–Crippen MR) is 107 cm³/mol. The number of halogens is 3. The fourth-order valence-electron chi connectivity index (χ4n) is 4.31. The van der Waals surface area contributed by atoms with Gasteiger partial charge in [0.05, 0.1) is 15.6 Å². The van der Waals surface area contributed by atoms with Crippen molar-refractivity contribution in [3.63, 3.8) is 0 Å². The van der Waals surface area contributed by atoms with Crippen molar-refractivity contribution in [1.82, 2.24) is 5.32 Å². The van der Waals surface area contributed by atoms with Crippen LogP contribution in [0.4, 0.5) is 0 Å². The van der Waals surface area contributed by atoms with Crippen LogP contribution in [0.15, 0.2) is 48.5 Å². The van der Waals surface area contributed by atoms with Gasteiger partial charge in [0.15, 0.2) is 0 Å². The van der Waals surface area contributed by atoms with Gasteiger partial charge in [-0.15, -0.1) is 12.4 Å². The number of hydrogen-bond acceptors (Lipinski definition) is 3. The number of carbonyl (C=O) groups is 1. The normalized spacial score (nSPS) is 26.8. The van der Waals surface area contributed by atoms with Crippen molar-refractivity contribution in [3.05, 3.63) is 69.7 Å². The third-order valence-corrected chi connectivity index (χ3v) is 6.27. The maximum absolute atomic E-state index is 12.4. The summed E-state index contributed by atoms with van der Waals surface area (Å²) in [7, 11) is 0. The Hall–Kier alpha value is -1.26. The third kappa shape index (κ3) is 3.46. The molecule has 0 radical (unpaired) electrons. The summed E-state index contributed by atoms with van der Waals surface area (Å²) >= 11 is 12.3. The average molecular weight is 413 g/mol. The minimum absolute atomic E-state index is 0. The van der Waals surface area contributed by atoms with Gasteiger partial charge in [-0.3, -0.25) is 0 Å². The zero-order chi connectivity index (χ0) is 17.4. The highest BCUT2D eigenvalue weighted by Gasteiger charge is 2.52. The molecule has 1 aliphatic heterocycles. The molecule has 2 fully saturated rings. The molecule has 2 aromatic rings. The van der Waals surface area contributed by atoms with E-state index >= 15 is 0 Å². The van der Waals surface area contributed by atoms with Crippen LogP contribution < -0.4 is 5.32 Å². The van der Waals surface area contributed by atoms with E-state index < -0.39 is 0 Å². The number of fused-ring (bicyclic) bond motifs is 1. The van der Waals surface area contributed by atoms with Crippen molar-refractivity contribution < 1.29 is 9.53 Å². The number of benzene rings is 2. The van der Waals surface area contributed by atoms with Gasteiger partial charge in [0, 0.05) is 12.0 Å². The van der Waals surface area contributed by atoms with Crippen molar-refractivity contribution in [2.24, 2.45) is 5.92 Å². The monoisotopic (exact) mass is 411 g/mol. The number of ether oxygens (including phenoxy) is 1. The van der Waals surface area contributed by atoms with Gasteiger partial charge >= 0.3 is 5.97 Å². The maximum Gasteiger partial charge on any atom is 0.338 e. The summed E-state index contributed by atoms with van der Waals surface area (Å²) in [6.07, 6.45) is 1.60. The van der Waals surface area contributed by atoms with Crippen molar-refractivity contribution in [3.8, 4) is 0 Å². The molecule has 1 heterocycles. The molecule has 0 bridgehead atoms. The Morgan fingerprint density at radius 1 is 1.12 bits per heavy atom. The predicted octanol–water partition coefficient (Wildman–Crippen LogP) is 4.89.